The molecule has 0 saturated heterocycles. The minimum Gasteiger partial charge on any atom is -0.507 e. The zero-order valence-corrected chi connectivity index (χ0v) is 8.25. The Labute approximate surface area is 92.0 Å². The topological polar surface area (TPSA) is 60.7 Å². The van der Waals surface area contributed by atoms with Crippen LogP contribution < -0.4 is 51.4 Å². The second kappa shape index (κ2) is 15.8. The number of hydrogen-bond acceptors (Lipinski definition) is 3. The third-order valence-electron chi connectivity index (χ3n) is 0. The monoisotopic (exact) mass is 142 g/mol. The maximum atomic E-state index is 7.17. The van der Waals surface area contributed by atoms with Gasteiger partial charge in [0, 0.05) is 0 Å². The molecule has 0 fully saturated rings. The predicted octanol–water partition coefficient (Wildman–Crippen LogP) is -4.05. The fourth-order valence-electron chi connectivity index (χ4n) is 0. The van der Waals surface area contributed by atoms with Crippen LogP contribution >= 0.6 is 0 Å². The largest absolute Gasteiger partial charge is 1.00 e. The molecule has 0 radical (unpaired) electrons. The Morgan fingerprint density at radius 2 is 1.38 bits per heavy atom. The molecule has 5 heteroatoms. The van der Waals surface area contributed by atoms with Gasteiger partial charge in [0.25, 0.3) is 0 Å². The third-order valence-corrected chi connectivity index (χ3v) is 0. The van der Waals surface area contributed by atoms with E-state index in [4.69, 9.17) is 15.1 Å². The van der Waals surface area contributed by atoms with Crippen molar-refractivity contribution < 1.29 is 66.5 Å². The van der Waals surface area contributed by atoms with Crippen LogP contribution in [0.25, 0.3) is 0 Å². The Balaban J connectivity index is -0.0000000575. The number of hydrogen-bond donors (Lipinski definition) is 3. The molecule has 0 aliphatic heterocycles. The van der Waals surface area contributed by atoms with Crippen LogP contribution in [0.2, 0.25) is 0 Å². The van der Waals surface area contributed by atoms with Gasteiger partial charge in [-0.2, -0.15) is 6.92 Å². The van der Waals surface area contributed by atoms with Crippen LogP contribution in [0.3, 0.4) is 0 Å². The average Bonchev–Trinajstić information content (AvgIpc) is 1.33. The van der Waals surface area contributed by atoms with Gasteiger partial charge in [0.15, 0.2) is 0 Å². The molecule has 0 aliphatic carbocycles. The molecule has 0 amide bonds. The Morgan fingerprint density at radius 3 is 1.38 bits per heavy atom. The maximum Gasteiger partial charge on any atom is 1.00 e. The second-order valence-corrected chi connectivity index (χ2v) is 0.700. The molecular weight excluding hydrogens is 134 g/mol. The molecule has 3 nitrogen and oxygen atoms in total. The molecule has 0 aliphatic rings. The van der Waals surface area contributed by atoms with Gasteiger partial charge in [-0.3, -0.25) is 6.58 Å². The molecule has 0 atom stereocenters. The maximum absolute atomic E-state index is 7.17. The molecule has 0 bridgehead atoms. The Kier molecular flexibility index (Phi) is 31.8. The third kappa shape index (κ3) is 168. The molecule has 0 unspecified atom stereocenters. The summed E-state index contributed by atoms with van der Waals surface area (Å²) < 4.78 is 0. The molecule has 0 rings (SSSR count). The van der Waals surface area contributed by atoms with Gasteiger partial charge in [-0.15, -0.1) is 0 Å². The summed E-state index contributed by atoms with van der Waals surface area (Å²) in [6, 6.07) is 0. The first kappa shape index (κ1) is 16.2. The average molecular weight is 142 g/mol. The summed E-state index contributed by atoms with van der Waals surface area (Å²) in [6.07, 6.45) is 2.50. The van der Waals surface area contributed by atoms with Crippen LogP contribution in [0, 0.1) is 6.08 Å². The molecule has 0 aromatic heterocycles. The molecule has 3 N–H and O–H groups in total. The Morgan fingerprint density at radius 1 is 1.38 bits per heavy atom. The molecule has 0 heterocycles. The first-order valence-corrected chi connectivity index (χ1v) is 1.63. The van der Waals surface area contributed by atoms with Gasteiger partial charge in [0.05, 0.1) is 0 Å². The van der Waals surface area contributed by atoms with Gasteiger partial charge in [-0.25, -0.2) is 0 Å². The van der Waals surface area contributed by atoms with E-state index in [0.29, 0.717) is 0 Å². The predicted molar refractivity (Wildman–Crippen MR) is 27.0 cm³/mol. The molecule has 0 aromatic carbocycles. The first-order chi connectivity index (χ1) is 3.15. The van der Waals surface area contributed by atoms with Crippen molar-refractivity contribution >= 4 is 7.32 Å². The van der Waals surface area contributed by atoms with E-state index in [1.165, 1.54) is 0 Å². The number of rotatable bonds is 0. The molecule has 0 spiro atoms. The molecule has 0 aromatic rings. The van der Waals surface area contributed by atoms with Crippen molar-refractivity contribution in [1.82, 2.24) is 0 Å². The summed E-state index contributed by atoms with van der Waals surface area (Å²) in [5.41, 5.74) is 0. The minimum atomic E-state index is -2.17. The smallest absolute Gasteiger partial charge is 0.507 e. The van der Waals surface area contributed by atoms with E-state index in [2.05, 4.69) is 12.7 Å². The van der Waals surface area contributed by atoms with E-state index in [-0.39, 0.29) is 51.4 Å². The molecule has 8 heavy (non-hydrogen) atoms. The second-order valence-electron chi connectivity index (χ2n) is 0.700. The van der Waals surface area contributed by atoms with Crippen molar-refractivity contribution in [2.45, 2.75) is 6.92 Å². The van der Waals surface area contributed by atoms with Gasteiger partial charge < -0.3 is 21.1 Å². The normalized spacial score (nSPS) is 5.00. The summed E-state index contributed by atoms with van der Waals surface area (Å²) >= 11 is 0. The molecule has 0 saturated carbocycles. The Hall–Kier alpha value is 1.32. The van der Waals surface area contributed by atoms with E-state index < -0.39 is 7.32 Å². The van der Waals surface area contributed by atoms with Crippen LogP contribution in [0.1, 0.15) is 6.92 Å². The van der Waals surface area contributed by atoms with Crippen LogP contribution in [-0.2, 0) is 0 Å². The van der Waals surface area contributed by atoms with Crippen molar-refractivity contribution in [1.29, 1.82) is 0 Å². The van der Waals surface area contributed by atoms with Gasteiger partial charge in [0.1, 0.15) is 0 Å². The van der Waals surface area contributed by atoms with Crippen molar-refractivity contribution in [3.8, 4) is 0 Å². The van der Waals surface area contributed by atoms with Crippen LogP contribution in [0.15, 0.2) is 6.58 Å². The van der Waals surface area contributed by atoms with Gasteiger partial charge in [0.2, 0.25) is 0 Å². The zero-order valence-electron chi connectivity index (χ0n) is 5.13. The summed E-state index contributed by atoms with van der Waals surface area (Å²) in [6.45, 7) is 5.00. The van der Waals surface area contributed by atoms with E-state index in [1.807, 2.05) is 0 Å². The fraction of sp³-hybridized carbons (Fsp3) is 0.333. The Bertz CT molecular complexity index is 38.8. The summed E-state index contributed by atoms with van der Waals surface area (Å²) in [4.78, 5) is 0. The summed E-state index contributed by atoms with van der Waals surface area (Å²) in [5, 5.41) is 21.5. The SMILES string of the molecule is C=[C-]C.OB(O)O.[K+]. The van der Waals surface area contributed by atoms with E-state index in [1.54, 1.807) is 6.92 Å². The van der Waals surface area contributed by atoms with Crippen molar-refractivity contribution in [3.05, 3.63) is 12.7 Å². The minimum absolute atomic E-state index is 0. The fourth-order valence-corrected chi connectivity index (χ4v) is 0. The molecule has 42 valence electrons. The number of allylic oxidation sites excluding steroid dienone is 1. The van der Waals surface area contributed by atoms with Crippen LogP contribution in [-0.4, -0.2) is 22.4 Å². The van der Waals surface area contributed by atoms with Gasteiger partial charge in [-0.1, -0.05) is 0 Å². The van der Waals surface area contributed by atoms with Crippen molar-refractivity contribution in [2.75, 3.05) is 0 Å². The summed E-state index contributed by atoms with van der Waals surface area (Å²) in [5.74, 6) is 0. The van der Waals surface area contributed by atoms with E-state index >= 15 is 0 Å². The van der Waals surface area contributed by atoms with Crippen molar-refractivity contribution in [3.63, 3.8) is 0 Å². The summed E-state index contributed by atoms with van der Waals surface area (Å²) in [7, 11) is -2.17. The van der Waals surface area contributed by atoms with Crippen LogP contribution in [0.4, 0.5) is 0 Å². The standard InChI is InChI=1S/C3H5.BH3O3.K/c1-3-2;2-1(3)4;/h1H2,2H3;2-4H;/q-1;;+1. The zero-order chi connectivity index (χ0) is 6.28. The first-order valence-electron chi connectivity index (χ1n) is 1.63. The van der Waals surface area contributed by atoms with Crippen LogP contribution in [0.5, 0.6) is 0 Å². The quantitative estimate of drug-likeness (QED) is 0.238. The van der Waals surface area contributed by atoms with Gasteiger partial charge in [-0.05, 0) is 0 Å². The molecular formula is C3H8BKO3. The van der Waals surface area contributed by atoms with E-state index in [0.717, 1.165) is 0 Å². The van der Waals surface area contributed by atoms with Gasteiger partial charge >= 0.3 is 58.7 Å². The van der Waals surface area contributed by atoms with Crippen molar-refractivity contribution in [2.24, 2.45) is 0 Å². The van der Waals surface area contributed by atoms with E-state index in [9.17, 15) is 0 Å².